The summed E-state index contributed by atoms with van der Waals surface area (Å²) in [6.07, 6.45) is -3.16. The van der Waals surface area contributed by atoms with E-state index in [2.05, 4.69) is 0 Å². The fourth-order valence-electron chi connectivity index (χ4n) is 3.77. The summed E-state index contributed by atoms with van der Waals surface area (Å²) in [5, 5.41) is 0. The van der Waals surface area contributed by atoms with E-state index < -0.39 is 17.5 Å². The van der Waals surface area contributed by atoms with Gasteiger partial charge in [-0.3, -0.25) is 4.79 Å². The quantitative estimate of drug-likeness (QED) is 0.764. The number of likely N-dealkylation sites (tertiary alicyclic amines) is 1. The number of alkyl halides is 3. The molecule has 2 aromatic carbocycles. The fourth-order valence-corrected chi connectivity index (χ4v) is 3.77. The van der Waals surface area contributed by atoms with Crippen LogP contribution in [0.1, 0.15) is 28.8 Å². The first-order chi connectivity index (χ1) is 13.4. The molecule has 2 saturated heterocycles. The third-order valence-corrected chi connectivity index (χ3v) is 5.31. The highest BCUT2D eigenvalue weighted by Crippen LogP contribution is 2.34. The van der Waals surface area contributed by atoms with E-state index in [-0.39, 0.29) is 5.91 Å². The molecule has 2 heterocycles. The Hall–Kier alpha value is -2.38. The maximum Gasteiger partial charge on any atom is 0.416 e. The lowest BCUT2D eigenvalue weighted by molar-refractivity contribution is -0.181. The molecule has 2 aliphatic heterocycles. The van der Waals surface area contributed by atoms with Gasteiger partial charge >= 0.3 is 6.18 Å². The van der Waals surface area contributed by atoms with Gasteiger partial charge in [-0.05, 0) is 29.3 Å². The highest BCUT2D eigenvalue weighted by Gasteiger charge is 2.41. The Balaban J connectivity index is 1.55. The number of piperidine rings is 1. The minimum Gasteiger partial charge on any atom is -0.347 e. The summed E-state index contributed by atoms with van der Waals surface area (Å²) in [6.45, 7) is 2.18. The van der Waals surface area contributed by atoms with Crippen LogP contribution in [0.3, 0.4) is 0 Å². The van der Waals surface area contributed by atoms with E-state index in [4.69, 9.17) is 9.47 Å². The van der Waals surface area contributed by atoms with Crippen molar-refractivity contribution in [2.45, 2.75) is 24.8 Å². The summed E-state index contributed by atoms with van der Waals surface area (Å²) in [5.74, 6) is -0.702. The van der Waals surface area contributed by atoms with Gasteiger partial charge in [0.2, 0.25) is 0 Å². The third-order valence-electron chi connectivity index (χ3n) is 5.31. The van der Waals surface area contributed by atoms with Gasteiger partial charge in [-0.1, -0.05) is 30.3 Å². The molecular formula is C21H20F3NO3. The first-order valence-electron chi connectivity index (χ1n) is 9.22. The number of rotatable bonds is 2. The lowest BCUT2D eigenvalue weighted by Gasteiger charge is -2.37. The second-order valence-corrected chi connectivity index (χ2v) is 7.02. The van der Waals surface area contributed by atoms with Gasteiger partial charge in [0.25, 0.3) is 5.91 Å². The average Bonchev–Trinajstić information content (AvgIpc) is 3.15. The van der Waals surface area contributed by atoms with E-state index in [9.17, 15) is 18.0 Å². The molecule has 0 unspecified atom stereocenters. The van der Waals surface area contributed by atoms with Gasteiger partial charge in [-0.15, -0.1) is 0 Å². The van der Waals surface area contributed by atoms with Crippen LogP contribution in [0.15, 0.2) is 48.5 Å². The monoisotopic (exact) mass is 391 g/mol. The van der Waals surface area contributed by atoms with Crippen molar-refractivity contribution in [3.8, 4) is 11.1 Å². The van der Waals surface area contributed by atoms with Gasteiger partial charge in [-0.2, -0.15) is 13.2 Å². The molecule has 148 valence electrons. The summed E-state index contributed by atoms with van der Waals surface area (Å²) in [5.41, 5.74) is 0.965. The number of ether oxygens (including phenoxy) is 2. The predicted octanol–water partition coefficient (Wildman–Crippen LogP) is 4.35. The highest BCUT2D eigenvalue weighted by molar-refractivity contribution is 6.01. The van der Waals surface area contributed by atoms with Crippen molar-refractivity contribution in [2.75, 3.05) is 26.3 Å². The van der Waals surface area contributed by atoms with Crippen LogP contribution in [-0.2, 0) is 15.7 Å². The number of benzene rings is 2. The molecule has 4 rings (SSSR count). The zero-order chi connectivity index (χ0) is 19.8. The zero-order valence-electron chi connectivity index (χ0n) is 15.2. The Kier molecular flexibility index (Phi) is 4.89. The lowest BCUT2D eigenvalue weighted by atomic mass is 9.96. The van der Waals surface area contributed by atoms with Crippen molar-refractivity contribution < 1.29 is 27.4 Å². The summed E-state index contributed by atoms with van der Waals surface area (Å²) in [4.78, 5) is 14.8. The smallest absolute Gasteiger partial charge is 0.347 e. The van der Waals surface area contributed by atoms with Crippen LogP contribution in [0.5, 0.6) is 0 Å². The molecule has 0 bridgehead atoms. The average molecular weight is 391 g/mol. The number of hydrogen-bond donors (Lipinski definition) is 0. The summed E-state index contributed by atoms with van der Waals surface area (Å²) < 4.78 is 49.8. The number of carbonyl (C=O) groups excluding carboxylic acids is 1. The molecule has 0 N–H and O–H groups in total. The summed E-state index contributed by atoms with van der Waals surface area (Å²) in [7, 11) is 0. The van der Waals surface area contributed by atoms with E-state index in [0.717, 1.165) is 12.1 Å². The Bertz CT molecular complexity index is 848. The maximum atomic E-state index is 13.1. The summed E-state index contributed by atoms with van der Waals surface area (Å²) in [6, 6.07) is 11.9. The van der Waals surface area contributed by atoms with Crippen LogP contribution >= 0.6 is 0 Å². The molecule has 0 saturated carbocycles. The fraction of sp³-hybridized carbons (Fsp3) is 0.381. The van der Waals surface area contributed by atoms with E-state index in [0.29, 0.717) is 55.8 Å². The van der Waals surface area contributed by atoms with Gasteiger partial charge < -0.3 is 14.4 Å². The maximum absolute atomic E-state index is 13.1. The van der Waals surface area contributed by atoms with Crippen LogP contribution in [0, 0.1) is 0 Å². The van der Waals surface area contributed by atoms with Crippen molar-refractivity contribution in [3.63, 3.8) is 0 Å². The normalized spacial score (nSPS) is 19.2. The highest BCUT2D eigenvalue weighted by atomic mass is 19.4. The number of carbonyl (C=O) groups is 1. The molecule has 0 aromatic heterocycles. The van der Waals surface area contributed by atoms with Crippen molar-refractivity contribution >= 4 is 5.91 Å². The second kappa shape index (κ2) is 7.22. The molecule has 1 spiro atoms. The van der Waals surface area contributed by atoms with E-state index in [1.165, 1.54) is 12.1 Å². The second-order valence-electron chi connectivity index (χ2n) is 7.02. The number of halogens is 3. The molecule has 0 aliphatic carbocycles. The molecule has 4 nitrogen and oxygen atoms in total. The first kappa shape index (κ1) is 19.0. The lowest BCUT2D eigenvalue weighted by Crippen LogP contribution is -2.47. The zero-order valence-corrected chi connectivity index (χ0v) is 15.2. The molecule has 28 heavy (non-hydrogen) atoms. The van der Waals surface area contributed by atoms with Gasteiger partial charge in [0.1, 0.15) is 0 Å². The molecule has 2 aliphatic rings. The number of nitrogens with zero attached hydrogens (tertiary/aromatic N) is 1. The van der Waals surface area contributed by atoms with Gasteiger partial charge in [-0.25, -0.2) is 0 Å². The van der Waals surface area contributed by atoms with Gasteiger partial charge in [0.05, 0.1) is 18.8 Å². The molecule has 2 aromatic rings. The third kappa shape index (κ3) is 3.64. The van der Waals surface area contributed by atoms with Gasteiger partial charge in [0, 0.05) is 31.5 Å². The number of hydrogen-bond acceptors (Lipinski definition) is 3. The van der Waals surface area contributed by atoms with Crippen molar-refractivity contribution in [3.05, 3.63) is 59.7 Å². The minimum absolute atomic E-state index is 0.136. The largest absolute Gasteiger partial charge is 0.416 e. The van der Waals surface area contributed by atoms with Crippen LogP contribution in [0.25, 0.3) is 11.1 Å². The Labute approximate surface area is 160 Å². The molecule has 7 heteroatoms. The van der Waals surface area contributed by atoms with Crippen molar-refractivity contribution in [1.29, 1.82) is 0 Å². The molecule has 0 atom stereocenters. The Morgan fingerprint density at radius 1 is 0.929 bits per heavy atom. The van der Waals surface area contributed by atoms with Crippen LogP contribution in [0.4, 0.5) is 13.2 Å². The topological polar surface area (TPSA) is 38.8 Å². The van der Waals surface area contributed by atoms with Crippen LogP contribution < -0.4 is 0 Å². The first-order valence-corrected chi connectivity index (χ1v) is 9.22. The van der Waals surface area contributed by atoms with Gasteiger partial charge in [0.15, 0.2) is 5.79 Å². The number of amides is 1. The van der Waals surface area contributed by atoms with Crippen LogP contribution in [-0.4, -0.2) is 42.9 Å². The SMILES string of the molecule is O=C(c1ccccc1-c1ccc(C(F)(F)F)cc1)N1CCC2(CC1)OCCO2. The Morgan fingerprint density at radius 2 is 1.54 bits per heavy atom. The van der Waals surface area contributed by atoms with Crippen molar-refractivity contribution in [1.82, 2.24) is 4.90 Å². The molecular weight excluding hydrogens is 371 g/mol. The molecule has 1 amide bonds. The van der Waals surface area contributed by atoms with Crippen LogP contribution in [0.2, 0.25) is 0 Å². The predicted molar refractivity (Wildman–Crippen MR) is 96.7 cm³/mol. The summed E-state index contributed by atoms with van der Waals surface area (Å²) >= 11 is 0. The standard InChI is InChI=1S/C21H20F3NO3/c22-21(23,24)16-7-5-15(6-8-16)17-3-1-2-4-18(17)19(26)25-11-9-20(10-12-25)27-13-14-28-20/h1-8H,9-14H2. The minimum atomic E-state index is -4.39. The Morgan fingerprint density at radius 3 is 2.14 bits per heavy atom. The van der Waals surface area contributed by atoms with E-state index in [1.54, 1.807) is 29.2 Å². The van der Waals surface area contributed by atoms with E-state index in [1.807, 2.05) is 0 Å². The molecule has 2 fully saturated rings. The van der Waals surface area contributed by atoms with E-state index >= 15 is 0 Å². The molecule has 0 radical (unpaired) electrons. The van der Waals surface area contributed by atoms with Crippen molar-refractivity contribution in [2.24, 2.45) is 0 Å².